The zero-order chi connectivity index (χ0) is 25.7. The van der Waals surface area contributed by atoms with Gasteiger partial charge in [0.1, 0.15) is 5.76 Å². The summed E-state index contributed by atoms with van der Waals surface area (Å²) in [6.45, 7) is 5.05. The van der Waals surface area contributed by atoms with Gasteiger partial charge < -0.3 is 14.6 Å². The number of ketones is 1. The van der Waals surface area contributed by atoms with Crippen LogP contribution in [0.2, 0.25) is 0 Å². The number of amides is 1. The van der Waals surface area contributed by atoms with Crippen molar-refractivity contribution in [2.75, 3.05) is 6.61 Å². The molecule has 4 rings (SSSR count). The van der Waals surface area contributed by atoms with Gasteiger partial charge in [0.2, 0.25) is 5.78 Å². The van der Waals surface area contributed by atoms with Crippen molar-refractivity contribution in [3.05, 3.63) is 107 Å². The summed E-state index contributed by atoms with van der Waals surface area (Å²) < 4.78 is 12.3. The maximum atomic E-state index is 12.9. The van der Waals surface area contributed by atoms with Crippen LogP contribution in [0.15, 0.2) is 77.3 Å². The Labute approximate surface area is 208 Å². The topological polar surface area (TPSA) is 103 Å². The maximum Gasteiger partial charge on any atom is 0.308 e. The smallest absolute Gasteiger partial charge is 0.308 e. The number of ether oxygens (including phenoxy) is 1. The number of Topliss-reactive ketones (excluding diaryl/α,β-unsaturated/α-hetero) is 1. The minimum atomic E-state index is -0.609. The van der Waals surface area contributed by atoms with Gasteiger partial charge in [-0.3, -0.25) is 19.0 Å². The molecule has 0 fully saturated rings. The summed E-state index contributed by atoms with van der Waals surface area (Å²) in [7, 11) is 0. The molecule has 184 valence electrons. The highest BCUT2D eigenvalue weighted by Gasteiger charge is 2.23. The summed E-state index contributed by atoms with van der Waals surface area (Å²) in [5, 5.41) is 6.91. The molecule has 0 bridgehead atoms. The molecule has 0 aliphatic heterocycles. The molecule has 2 aromatic carbocycles. The van der Waals surface area contributed by atoms with Crippen molar-refractivity contribution in [2.45, 2.75) is 33.2 Å². The van der Waals surface area contributed by atoms with Crippen LogP contribution in [0.25, 0.3) is 5.82 Å². The third-order valence-electron chi connectivity index (χ3n) is 5.85. The molecular weight excluding hydrogens is 458 g/mol. The molecule has 1 atom stereocenters. The average Bonchev–Trinajstić information content (AvgIpc) is 3.44. The number of rotatable bonds is 9. The van der Waals surface area contributed by atoms with Crippen molar-refractivity contribution in [1.29, 1.82) is 0 Å². The van der Waals surface area contributed by atoms with E-state index in [-0.39, 0.29) is 18.1 Å². The third kappa shape index (κ3) is 5.60. The Hall–Kier alpha value is -4.46. The Kier molecular flexibility index (Phi) is 7.44. The number of hydrogen-bond acceptors (Lipinski definition) is 6. The van der Waals surface area contributed by atoms with E-state index in [0.29, 0.717) is 28.4 Å². The summed E-state index contributed by atoms with van der Waals surface area (Å²) in [6.07, 6.45) is -0.118. The van der Waals surface area contributed by atoms with E-state index in [1.165, 1.54) is 0 Å². The molecule has 0 aliphatic rings. The number of nitrogens with one attached hydrogen (secondary N) is 1. The Morgan fingerprint density at radius 1 is 0.972 bits per heavy atom. The second-order valence-corrected chi connectivity index (χ2v) is 8.51. The predicted molar refractivity (Wildman–Crippen MR) is 133 cm³/mol. The van der Waals surface area contributed by atoms with Crippen LogP contribution >= 0.6 is 0 Å². The van der Waals surface area contributed by atoms with Gasteiger partial charge in [-0.1, -0.05) is 53.7 Å². The Bertz CT molecular complexity index is 1370. The number of carbonyl (C=O) groups is 3. The molecule has 0 saturated carbocycles. The first-order chi connectivity index (χ1) is 17.3. The number of aromatic nitrogens is 2. The van der Waals surface area contributed by atoms with Crippen LogP contribution < -0.4 is 5.32 Å². The average molecular weight is 486 g/mol. The van der Waals surface area contributed by atoms with Crippen LogP contribution in [0.5, 0.6) is 0 Å². The Morgan fingerprint density at radius 3 is 2.28 bits per heavy atom. The lowest BCUT2D eigenvalue weighted by atomic mass is 10.0. The van der Waals surface area contributed by atoms with E-state index in [2.05, 4.69) is 10.5 Å². The van der Waals surface area contributed by atoms with E-state index in [1.54, 1.807) is 50.2 Å². The molecule has 4 aromatic rings. The minimum Gasteiger partial charge on any atom is -0.457 e. The molecule has 0 saturated heterocycles. The van der Waals surface area contributed by atoms with Gasteiger partial charge in [-0.2, -0.15) is 0 Å². The summed E-state index contributed by atoms with van der Waals surface area (Å²) in [4.78, 5) is 38.3. The van der Waals surface area contributed by atoms with Gasteiger partial charge in [0.05, 0.1) is 12.5 Å². The minimum absolute atomic E-state index is 0.118. The lowest BCUT2D eigenvalue weighted by Gasteiger charge is -2.18. The van der Waals surface area contributed by atoms with Crippen LogP contribution in [0.3, 0.4) is 0 Å². The number of esters is 1. The molecule has 2 aromatic heterocycles. The van der Waals surface area contributed by atoms with Crippen molar-refractivity contribution in [3.8, 4) is 5.82 Å². The summed E-state index contributed by atoms with van der Waals surface area (Å²) in [5.41, 5.74) is 3.18. The first kappa shape index (κ1) is 24.7. The monoisotopic (exact) mass is 485 g/mol. The molecule has 0 spiro atoms. The normalized spacial score (nSPS) is 11.6. The lowest BCUT2D eigenvalue weighted by molar-refractivity contribution is -0.143. The fourth-order valence-electron chi connectivity index (χ4n) is 4.07. The molecule has 1 unspecified atom stereocenters. The number of hydrogen-bond donors (Lipinski definition) is 1. The fraction of sp³-hybridized carbons (Fsp3) is 0.214. The lowest BCUT2D eigenvalue weighted by Crippen LogP contribution is -2.31. The van der Waals surface area contributed by atoms with Crippen molar-refractivity contribution in [2.24, 2.45) is 0 Å². The largest absolute Gasteiger partial charge is 0.457 e. The van der Waals surface area contributed by atoms with Gasteiger partial charge in [0.25, 0.3) is 5.91 Å². The van der Waals surface area contributed by atoms with E-state index >= 15 is 0 Å². The Morgan fingerprint density at radius 2 is 1.64 bits per heavy atom. The number of benzene rings is 2. The molecule has 0 aliphatic carbocycles. The van der Waals surface area contributed by atoms with Crippen molar-refractivity contribution in [1.82, 2.24) is 15.0 Å². The predicted octanol–water partition coefficient (Wildman–Crippen LogP) is 4.68. The van der Waals surface area contributed by atoms with Crippen molar-refractivity contribution in [3.63, 3.8) is 0 Å². The van der Waals surface area contributed by atoms with Crippen LogP contribution in [0.4, 0.5) is 0 Å². The van der Waals surface area contributed by atoms with E-state index in [0.717, 1.165) is 11.3 Å². The molecule has 0 radical (unpaired) electrons. The van der Waals surface area contributed by atoms with Crippen LogP contribution in [0, 0.1) is 20.8 Å². The zero-order valence-corrected chi connectivity index (χ0v) is 20.4. The summed E-state index contributed by atoms with van der Waals surface area (Å²) >= 11 is 0. The van der Waals surface area contributed by atoms with E-state index in [1.807, 2.05) is 47.9 Å². The third-order valence-corrected chi connectivity index (χ3v) is 5.85. The van der Waals surface area contributed by atoms with Crippen molar-refractivity contribution < 1.29 is 23.6 Å². The van der Waals surface area contributed by atoms with Gasteiger partial charge in [-0.25, -0.2) is 0 Å². The van der Waals surface area contributed by atoms with Gasteiger partial charge in [-0.05, 0) is 44.5 Å². The second kappa shape index (κ2) is 10.9. The molecule has 1 N–H and O–H groups in total. The fourth-order valence-corrected chi connectivity index (χ4v) is 4.07. The van der Waals surface area contributed by atoms with Crippen LogP contribution in [-0.2, 0) is 9.53 Å². The van der Waals surface area contributed by atoms with Crippen molar-refractivity contribution >= 4 is 17.7 Å². The molecular formula is C28H27N3O5. The molecule has 1 amide bonds. The highest BCUT2D eigenvalue weighted by molar-refractivity contribution is 5.99. The SMILES string of the molecule is Cc1cc(-n2c(C)cc(C(=O)COC(=O)CC(NC(=O)c3ccccc3)c3ccccc3)c2C)no1. The first-order valence-electron chi connectivity index (χ1n) is 11.6. The quantitative estimate of drug-likeness (QED) is 0.273. The molecule has 36 heavy (non-hydrogen) atoms. The van der Waals surface area contributed by atoms with Gasteiger partial charge in [0, 0.05) is 28.6 Å². The number of aryl methyl sites for hydroxylation is 2. The summed E-state index contributed by atoms with van der Waals surface area (Å²) in [6, 6.07) is 20.8. The van der Waals surface area contributed by atoms with Gasteiger partial charge in [-0.15, -0.1) is 0 Å². The second-order valence-electron chi connectivity index (χ2n) is 8.51. The highest BCUT2D eigenvalue weighted by Crippen LogP contribution is 2.22. The summed E-state index contributed by atoms with van der Waals surface area (Å²) in [5.74, 6) is 0.0212. The molecule has 8 nitrogen and oxygen atoms in total. The van der Waals surface area contributed by atoms with Crippen LogP contribution in [0.1, 0.15) is 55.9 Å². The van der Waals surface area contributed by atoms with Gasteiger partial charge >= 0.3 is 5.97 Å². The zero-order valence-electron chi connectivity index (χ0n) is 20.4. The molecule has 8 heteroatoms. The first-order valence-corrected chi connectivity index (χ1v) is 11.6. The molecule has 2 heterocycles. The van der Waals surface area contributed by atoms with E-state index in [9.17, 15) is 14.4 Å². The van der Waals surface area contributed by atoms with Crippen LogP contribution in [-0.4, -0.2) is 34.0 Å². The van der Waals surface area contributed by atoms with Gasteiger partial charge in [0.15, 0.2) is 12.4 Å². The Balaban J connectivity index is 1.43. The number of nitrogens with zero attached hydrogens (tertiary/aromatic N) is 2. The highest BCUT2D eigenvalue weighted by atomic mass is 16.5. The van der Waals surface area contributed by atoms with E-state index in [4.69, 9.17) is 9.26 Å². The standard InChI is InChI=1S/C28H27N3O5/c1-18-14-23(20(3)31(18)26-15-19(2)36-30-26)25(32)17-35-27(33)16-24(21-10-6-4-7-11-21)29-28(34)22-12-8-5-9-13-22/h4-15,24H,16-17H2,1-3H3,(H,29,34). The maximum absolute atomic E-state index is 12.9. The number of carbonyl (C=O) groups excluding carboxylic acids is 3. The van der Waals surface area contributed by atoms with E-state index < -0.39 is 18.6 Å².